The zero-order valence-electron chi connectivity index (χ0n) is 10.3. The van der Waals surface area contributed by atoms with E-state index in [-0.39, 0.29) is 5.69 Å². The maximum atomic E-state index is 13.5. The predicted octanol–water partition coefficient (Wildman–Crippen LogP) is 4.24. The lowest BCUT2D eigenvalue weighted by Gasteiger charge is -2.10. The summed E-state index contributed by atoms with van der Waals surface area (Å²) in [4.78, 5) is 11.8. The predicted molar refractivity (Wildman–Crippen MR) is 65.8 cm³/mol. The molecule has 0 bridgehead atoms. The molecule has 0 aliphatic heterocycles. The molecule has 2 rings (SSSR count). The van der Waals surface area contributed by atoms with E-state index in [4.69, 9.17) is 0 Å². The van der Waals surface area contributed by atoms with Gasteiger partial charge in [-0.1, -0.05) is 0 Å². The average Bonchev–Trinajstić information content (AvgIpc) is 2.40. The minimum atomic E-state index is -4.68. The van der Waals surface area contributed by atoms with Crippen molar-refractivity contribution in [3.63, 3.8) is 0 Å². The number of rotatable bonds is 2. The highest BCUT2D eigenvalue weighted by atomic mass is 19.4. The summed E-state index contributed by atoms with van der Waals surface area (Å²) >= 11 is 0. The fraction of sp³-hybridized carbons (Fsp3) is 0.0714. The van der Waals surface area contributed by atoms with Gasteiger partial charge in [0.1, 0.15) is 11.6 Å². The normalized spacial score (nSPS) is 11.3. The summed E-state index contributed by atoms with van der Waals surface area (Å²) in [7, 11) is 0. The number of hydrogen-bond acceptors (Lipinski definition) is 1. The van der Waals surface area contributed by atoms with Crippen LogP contribution in [0.3, 0.4) is 0 Å². The topological polar surface area (TPSA) is 29.1 Å². The van der Waals surface area contributed by atoms with Gasteiger partial charge < -0.3 is 5.32 Å². The second-order valence-corrected chi connectivity index (χ2v) is 4.15. The van der Waals surface area contributed by atoms with Crippen molar-refractivity contribution in [2.45, 2.75) is 6.18 Å². The van der Waals surface area contributed by atoms with Crippen LogP contribution in [-0.2, 0) is 6.18 Å². The van der Waals surface area contributed by atoms with Crippen molar-refractivity contribution < 1.29 is 26.7 Å². The van der Waals surface area contributed by atoms with Crippen LogP contribution in [0.4, 0.5) is 27.6 Å². The number of hydrogen-bond donors (Lipinski definition) is 1. The fourth-order valence-corrected chi connectivity index (χ4v) is 1.61. The van der Waals surface area contributed by atoms with Crippen molar-refractivity contribution in [1.29, 1.82) is 0 Å². The van der Waals surface area contributed by atoms with E-state index in [1.54, 1.807) is 0 Å². The molecule has 2 nitrogen and oxygen atoms in total. The summed E-state index contributed by atoms with van der Waals surface area (Å²) in [6.07, 6.45) is -4.68. The zero-order chi connectivity index (χ0) is 15.6. The Morgan fingerprint density at radius 1 is 0.952 bits per heavy atom. The van der Waals surface area contributed by atoms with E-state index >= 15 is 0 Å². The standard InChI is InChI=1S/C14H8F5NO/c15-9-2-4-10(5-3-9)20-13(21)11-7-8(14(17,18)19)1-6-12(11)16/h1-7H,(H,20,21). The second kappa shape index (κ2) is 5.51. The number of alkyl halides is 3. The van der Waals surface area contributed by atoms with E-state index in [1.807, 2.05) is 0 Å². The maximum Gasteiger partial charge on any atom is 0.416 e. The smallest absolute Gasteiger partial charge is 0.322 e. The van der Waals surface area contributed by atoms with Crippen LogP contribution in [0.25, 0.3) is 0 Å². The first-order valence-electron chi connectivity index (χ1n) is 5.71. The second-order valence-electron chi connectivity index (χ2n) is 4.15. The lowest BCUT2D eigenvalue weighted by Crippen LogP contribution is -2.16. The van der Waals surface area contributed by atoms with E-state index in [0.717, 1.165) is 12.1 Å². The van der Waals surface area contributed by atoms with Crippen molar-refractivity contribution in [3.05, 3.63) is 65.2 Å². The molecule has 2 aromatic rings. The molecule has 0 fully saturated rings. The summed E-state index contributed by atoms with van der Waals surface area (Å²) in [5, 5.41) is 2.19. The van der Waals surface area contributed by atoms with Gasteiger partial charge in [0.05, 0.1) is 11.1 Å². The van der Waals surface area contributed by atoms with Crippen molar-refractivity contribution in [3.8, 4) is 0 Å². The molecule has 1 N–H and O–H groups in total. The number of carbonyl (C=O) groups excluding carboxylic acids is 1. The average molecular weight is 301 g/mol. The zero-order valence-corrected chi connectivity index (χ0v) is 10.3. The Kier molecular flexibility index (Phi) is 3.93. The molecule has 0 atom stereocenters. The molecular formula is C14H8F5NO. The van der Waals surface area contributed by atoms with Gasteiger partial charge in [-0.15, -0.1) is 0 Å². The van der Waals surface area contributed by atoms with Gasteiger partial charge in [-0.25, -0.2) is 8.78 Å². The van der Waals surface area contributed by atoms with Gasteiger partial charge in [-0.3, -0.25) is 4.79 Å². The van der Waals surface area contributed by atoms with Gasteiger partial charge in [0.2, 0.25) is 0 Å². The van der Waals surface area contributed by atoms with Gasteiger partial charge in [0, 0.05) is 5.69 Å². The Morgan fingerprint density at radius 2 is 1.57 bits per heavy atom. The van der Waals surface area contributed by atoms with E-state index < -0.39 is 34.8 Å². The first kappa shape index (κ1) is 15.0. The van der Waals surface area contributed by atoms with E-state index in [2.05, 4.69) is 5.32 Å². The first-order valence-corrected chi connectivity index (χ1v) is 5.71. The van der Waals surface area contributed by atoms with Crippen molar-refractivity contribution in [2.24, 2.45) is 0 Å². The minimum absolute atomic E-state index is 0.137. The van der Waals surface area contributed by atoms with Crippen molar-refractivity contribution in [2.75, 3.05) is 5.32 Å². The maximum absolute atomic E-state index is 13.5. The highest BCUT2D eigenvalue weighted by Crippen LogP contribution is 2.30. The van der Waals surface area contributed by atoms with Gasteiger partial charge in [0.15, 0.2) is 0 Å². The first-order chi connectivity index (χ1) is 9.77. The third-order valence-corrected chi connectivity index (χ3v) is 2.64. The molecule has 7 heteroatoms. The van der Waals surface area contributed by atoms with Crippen molar-refractivity contribution in [1.82, 2.24) is 0 Å². The summed E-state index contributed by atoms with van der Waals surface area (Å²) < 4.78 is 63.8. The number of carbonyl (C=O) groups is 1. The van der Waals surface area contributed by atoms with Crippen LogP contribution < -0.4 is 5.32 Å². The van der Waals surface area contributed by atoms with Gasteiger partial charge >= 0.3 is 6.18 Å². The van der Waals surface area contributed by atoms with Gasteiger partial charge in [0.25, 0.3) is 5.91 Å². The molecule has 0 aliphatic carbocycles. The van der Waals surface area contributed by atoms with Gasteiger partial charge in [-0.2, -0.15) is 13.2 Å². The Morgan fingerprint density at radius 3 is 2.14 bits per heavy atom. The molecule has 0 aromatic heterocycles. The molecule has 2 aromatic carbocycles. The minimum Gasteiger partial charge on any atom is -0.322 e. The highest BCUT2D eigenvalue weighted by molar-refractivity contribution is 6.04. The molecule has 0 radical (unpaired) electrons. The molecule has 0 aliphatic rings. The third kappa shape index (κ3) is 3.56. The molecular weight excluding hydrogens is 293 g/mol. The Hall–Kier alpha value is -2.44. The molecule has 1 amide bonds. The fourth-order valence-electron chi connectivity index (χ4n) is 1.61. The summed E-state index contributed by atoms with van der Waals surface area (Å²) in [5.41, 5.74) is -1.74. The molecule has 0 unspecified atom stereocenters. The largest absolute Gasteiger partial charge is 0.416 e. The molecule has 21 heavy (non-hydrogen) atoms. The molecule has 0 saturated heterocycles. The van der Waals surface area contributed by atoms with E-state index in [1.165, 1.54) is 12.1 Å². The quantitative estimate of drug-likeness (QED) is 0.826. The van der Waals surface area contributed by atoms with Crippen LogP contribution in [0, 0.1) is 11.6 Å². The van der Waals surface area contributed by atoms with Crippen LogP contribution in [0.15, 0.2) is 42.5 Å². The third-order valence-electron chi connectivity index (χ3n) is 2.64. The monoisotopic (exact) mass is 301 g/mol. The SMILES string of the molecule is O=C(Nc1ccc(F)cc1)c1cc(C(F)(F)F)ccc1F. The lowest BCUT2D eigenvalue weighted by atomic mass is 10.1. The van der Waals surface area contributed by atoms with Crippen molar-refractivity contribution >= 4 is 11.6 Å². The molecule has 0 spiro atoms. The number of nitrogens with one attached hydrogen (secondary N) is 1. The van der Waals surface area contributed by atoms with Crippen LogP contribution in [-0.4, -0.2) is 5.91 Å². The lowest BCUT2D eigenvalue weighted by molar-refractivity contribution is -0.137. The Balaban J connectivity index is 2.28. The number of benzene rings is 2. The van der Waals surface area contributed by atoms with Crippen LogP contribution in [0.2, 0.25) is 0 Å². The van der Waals surface area contributed by atoms with Gasteiger partial charge in [-0.05, 0) is 42.5 Å². The van der Waals surface area contributed by atoms with Crippen LogP contribution >= 0.6 is 0 Å². The Labute approximate surface area is 116 Å². The molecule has 0 heterocycles. The summed E-state index contributed by atoms with van der Waals surface area (Å²) in [6.45, 7) is 0. The molecule has 110 valence electrons. The summed E-state index contributed by atoms with van der Waals surface area (Å²) in [5.74, 6) is -2.67. The molecule has 0 saturated carbocycles. The van der Waals surface area contributed by atoms with E-state index in [9.17, 15) is 26.7 Å². The number of halogens is 5. The summed E-state index contributed by atoms with van der Waals surface area (Å²) in [6, 6.07) is 6.06. The van der Waals surface area contributed by atoms with E-state index in [0.29, 0.717) is 18.2 Å². The highest BCUT2D eigenvalue weighted by Gasteiger charge is 2.31. The number of amides is 1. The Bertz CT molecular complexity index is 664. The number of anilines is 1. The van der Waals surface area contributed by atoms with Crippen LogP contribution in [0.5, 0.6) is 0 Å². The van der Waals surface area contributed by atoms with Crippen LogP contribution in [0.1, 0.15) is 15.9 Å².